The van der Waals surface area contributed by atoms with Gasteiger partial charge in [-0.05, 0) is 20.3 Å². The molecule has 0 aromatic heterocycles. The summed E-state index contributed by atoms with van der Waals surface area (Å²) in [6.07, 6.45) is 0.794. The summed E-state index contributed by atoms with van der Waals surface area (Å²) >= 11 is 0. The summed E-state index contributed by atoms with van der Waals surface area (Å²) in [5.41, 5.74) is 5.16. The van der Waals surface area contributed by atoms with Gasteiger partial charge in [0.15, 0.2) is 0 Å². The van der Waals surface area contributed by atoms with Crippen LogP contribution in [-0.2, 0) is 4.74 Å². The number of rotatable bonds is 4. The average Bonchev–Trinajstić information content (AvgIpc) is 1.87. The Labute approximate surface area is 62.2 Å². The van der Waals surface area contributed by atoms with Crippen LogP contribution in [0.25, 0.3) is 0 Å². The van der Waals surface area contributed by atoms with E-state index in [2.05, 4.69) is 0 Å². The van der Waals surface area contributed by atoms with E-state index in [1.807, 2.05) is 13.8 Å². The average molecular weight is 147 g/mol. The first-order chi connectivity index (χ1) is 4.52. The van der Waals surface area contributed by atoms with Crippen LogP contribution >= 0.6 is 0 Å². The van der Waals surface area contributed by atoms with E-state index in [9.17, 15) is 0 Å². The van der Waals surface area contributed by atoms with Crippen LogP contribution in [0.3, 0.4) is 0 Å². The lowest BCUT2D eigenvalue weighted by molar-refractivity contribution is 0.0745. The van der Waals surface area contributed by atoms with Crippen molar-refractivity contribution in [2.45, 2.75) is 31.9 Å². The second kappa shape index (κ2) is 3.91. The van der Waals surface area contributed by atoms with Gasteiger partial charge < -0.3 is 15.6 Å². The molecule has 62 valence electrons. The van der Waals surface area contributed by atoms with Crippen molar-refractivity contribution in [2.75, 3.05) is 13.7 Å². The Morgan fingerprint density at radius 3 is 2.50 bits per heavy atom. The summed E-state index contributed by atoms with van der Waals surface area (Å²) < 4.78 is 5.00. The predicted octanol–water partition coefficient (Wildman–Crippen LogP) is 0.121. The molecule has 3 heteroatoms. The number of aliphatic hydroxyl groups is 1. The van der Waals surface area contributed by atoms with Crippen LogP contribution in [0.4, 0.5) is 0 Å². The lowest BCUT2D eigenvalue weighted by atomic mass is 9.97. The lowest BCUT2D eigenvalue weighted by Gasteiger charge is -2.24. The van der Waals surface area contributed by atoms with E-state index in [0.717, 1.165) is 0 Å². The first-order valence-corrected chi connectivity index (χ1v) is 3.44. The van der Waals surface area contributed by atoms with Crippen molar-refractivity contribution in [1.82, 2.24) is 0 Å². The van der Waals surface area contributed by atoms with Gasteiger partial charge in [0.05, 0.1) is 12.7 Å². The van der Waals surface area contributed by atoms with E-state index in [1.165, 1.54) is 0 Å². The minimum Gasteiger partial charge on any atom is -0.394 e. The standard InChI is InChI=1S/C7H17NO2/c1-6(10-3)4-7(2,8)5-9/h6,9H,4-5,8H2,1-3H3. The number of methoxy groups -OCH3 is 1. The Hall–Kier alpha value is -0.120. The molecule has 0 aliphatic heterocycles. The van der Waals surface area contributed by atoms with Crippen LogP contribution in [0.1, 0.15) is 20.3 Å². The number of ether oxygens (including phenoxy) is 1. The molecule has 0 saturated heterocycles. The molecule has 0 rings (SSSR count). The van der Waals surface area contributed by atoms with Gasteiger partial charge in [0.2, 0.25) is 0 Å². The molecule has 0 saturated carbocycles. The summed E-state index contributed by atoms with van der Waals surface area (Å²) in [6, 6.07) is 0. The van der Waals surface area contributed by atoms with E-state index in [4.69, 9.17) is 15.6 Å². The number of hydrogen-bond donors (Lipinski definition) is 2. The molecule has 0 bridgehead atoms. The van der Waals surface area contributed by atoms with Gasteiger partial charge in [-0.25, -0.2) is 0 Å². The molecule has 0 aromatic rings. The van der Waals surface area contributed by atoms with E-state index in [0.29, 0.717) is 6.42 Å². The molecule has 0 aromatic carbocycles. The van der Waals surface area contributed by atoms with Crippen molar-refractivity contribution in [2.24, 2.45) is 5.73 Å². The van der Waals surface area contributed by atoms with Crippen molar-refractivity contribution in [3.8, 4) is 0 Å². The highest BCUT2D eigenvalue weighted by atomic mass is 16.5. The highest BCUT2D eigenvalue weighted by Crippen LogP contribution is 2.09. The van der Waals surface area contributed by atoms with Crippen LogP contribution in [0, 0.1) is 0 Å². The Morgan fingerprint density at radius 2 is 2.20 bits per heavy atom. The van der Waals surface area contributed by atoms with Crippen LogP contribution in [0.5, 0.6) is 0 Å². The molecule has 0 heterocycles. The fraction of sp³-hybridized carbons (Fsp3) is 1.00. The molecule has 3 nitrogen and oxygen atoms in total. The van der Waals surface area contributed by atoms with Crippen LogP contribution in [-0.4, -0.2) is 30.5 Å². The van der Waals surface area contributed by atoms with Gasteiger partial charge in [-0.2, -0.15) is 0 Å². The summed E-state index contributed by atoms with van der Waals surface area (Å²) in [4.78, 5) is 0. The molecular weight excluding hydrogens is 130 g/mol. The maximum absolute atomic E-state index is 8.76. The van der Waals surface area contributed by atoms with E-state index in [-0.39, 0.29) is 12.7 Å². The van der Waals surface area contributed by atoms with E-state index >= 15 is 0 Å². The smallest absolute Gasteiger partial charge is 0.0609 e. The fourth-order valence-corrected chi connectivity index (χ4v) is 0.805. The molecule has 3 N–H and O–H groups in total. The molecule has 0 aliphatic rings. The maximum Gasteiger partial charge on any atom is 0.0609 e. The van der Waals surface area contributed by atoms with E-state index in [1.54, 1.807) is 7.11 Å². The van der Waals surface area contributed by atoms with Crippen LogP contribution in [0.15, 0.2) is 0 Å². The number of aliphatic hydroxyl groups excluding tert-OH is 1. The zero-order chi connectivity index (χ0) is 8.20. The van der Waals surface area contributed by atoms with Crippen molar-refractivity contribution in [3.63, 3.8) is 0 Å². The zero-order valence-electron chi connectivity index (χ0n) is 6.92. The second-order valence-electron chi connectivity index (χ2n) is 3.06. The molecule has 0 radical (unpaired) electrons. The number of nitrogens with two attached hydrogens (primary N) is 1. The van der Waals surface area contributed by atoms with Crippen molar-refractivity contribution in [1.29, 1.82) is 0 Å². The topological polar surface area (TPSA) is 55.5 Å². The molecular formula is C7H17NO2. The second-order valence-corrected chi connectivity index (χ2v) is 3.06. The third-order valence-corrected chi connectivity index (χ3v) is 1.52. The SMILES string of the molecule is COC(C)CC(C)(N)CO. The van der Waals surface area contributed by atoms with Crippen LogP contribution < -0.4 is 5.73 Å². The van der Waals surface area contributed by atoms with Gasteiger partial charge in [-0.3, -0.25) is 0 Å². The maximum atomic E-state index is 8.76. The Balaban J connectivity index is 3.64. The molecule has 10 heavy (non-hydrogen) atoms. The van der Waals surface area contributed by atoms with Gasteiger partial charge in [0.25, 0.3) is 0 Å². The summed E-state index contributed by atoms with van der Waals surface area (Å²) in [5.74, 6) is 0. The van der Waals surface area contributed by atoms with Crippen molar-refractivity contribution >= 4 is 0 Å². The van der Waals surface area contributed by atoms with E-state index < -0.39 is 5.54 Å². The van der Waals surface area contributed by atoms with Gasteiger partial charge in [-0.15, -0.1) is 0 Å². The molecule has 0 aliphatic carbocycles. The highest BCUT2D eigenvalue weighted by molar-refractivity contribution is 4.79. The third-order valence-electron chi connectivity index (χ3n) is 1.52. The van der Waals surface area contributed by atoms with Gasteiger partial charge in [0, 0.05) is 12.6 Å². The summed E-state index contributed by atoms with van der Waals surface area (Å²) in [6.45, 7) is 3.74. The summed E-state index contributed by atoms with van der Waals surface area (Å²) in [7, 11) is 1.64. The lowest BCUT2D eigenvalue weighted by Crippen LogP contribution is -2.43. The van der Waals surface area contributed by atoms with Gasteiger partial charge in [-0.1, -0.05) is 0 Å². The zero-order valence-corrected chi connectivity index (χ0v) is 6.92. The largest absolute Gasteiger partial charge is 0.394 e. The van der Waals surface area contributed by atoms with Crippen molar-refractivity contribution < 1.29 is 9.84 Å². The fourth-order valence-electron chi connectivity index (χ4n) is 0.805. The molecule has 2 unspecified atom stereocenters. The van der Waals surface area contributed by atoms with Crippen molar-refractivity contribution in [3.05, 3.63) is 0 Å². The molecule has 0 fully saturated rings. The highest BCUT2D eigenvalue weighted by Gasteiger charge is 2.19. The summed E-state index contributed by atoms with van der Waals surface area (Å²) in [5, 5.41) is 8.76. The normalized spacial score (nSPS) is 20.1. The monoisotopic (exact) mass is 147 g/mol. The van der Waals surface area contributed by atoms with Crippen LogP contribution in [0.2, 0.25) is 0 Å². The predicted molar refractivity (Wildman–Crippen MR) is 40.8 cm³/mol. The Kier molecular flexibility index (Phi) is 3.86. The quantitative estimate of drug-likeness (QED) is 0.594. The van der Waals surface area contributed by atoms with Gasteiger partial charge in [0.1, 0.15) is 0 Å². The first kappa shape index (κ1) is 9.88. The molecule has 0 spiro atoms. The molecule has 0 amide bonds. The Morgan fingerprint density at radius 1 is 1.70 bits per heavy atom. The third kappa shape index (κ3) is 3.82. The Bertz CT molecular complexity index is 93.6. The number of hydrogen-bond acceptors (Lipinski definition) is 3. The molecule has 2 atom stereocenters. The minimum absolute atomic E-state index is 0.000694. The first-order valence-electron chi connectivity index (χ1n) is 3.44. The minimum atomic E-state index is -0.505. The van der Waals surface area contributed by atoms with Gasteiger partial charge >= 0.3 is 0 Å².